The average molecular weight is 300 g/mol. The van der Waals surface area contributed by atoms with Gasteiger partial charge in [0.15, 0.2) is 0 Å². The SMILES string of the molecule is CC(C)(C)C(=O)NCCNc1ccc([N+](=O)[O-])cc1Cl. The molecular formula is C13H18ClN3O3. The molecule has 0 aliphatic rings. The summed E-state index contributed by atoms with van der Waals surface area (Å²) in [6.45, 7) is 6.44. The lowest BCUT2D eigenvalue weighted by atomic mass is 9.96. The highest BCUT2D eigenvalue weighted by Gasteiger charge is 2.20. The molecule has 7 heteroatoms. The topological polar surface area (TPSA) is 84.3 Å². The number of carbonyl (C=O) groups excluding carboxylic acids is 1. The van der Waals surface area contributed by atoms with E-state index in [0.29, 0.717) is 18.8 Å². The molecule has 1 aromatic rings. The van der Waals surface area contributed by atoms with Crippen LogP contribution in [0.2, 0.25) is 5.02 Å². The minimum Gasteiger partial charge on any atom is -0.382 e. The highest BCUT2D eigenvalue weighted by molar-refractivity contribution is 6.33. The van der Waals surface area contributed by atoms with Crippen LogP contribution in [0.3, 0.4) is 0 Å². The Hall–Kier alpha value is -1.82. The first kappa shape index (κ1) is 16.2. The van der Waals surface area contributed by atoms with Gasteiger partial charge in [-0.25, -0.2) is 0 Å². The van der Waals surface area contributed by atoms with Crippen molar-refractivity contribution in [2.24, 2.45) is 5.41 Å². The molecular weight excluding hydrogens is 282 g/mol. The average Bonchev–Trinajstić information content (AvgIpc) is 2.34. The molecule has 1 aromatic carbocycles. The Morgan fingerprint density at radius 2 is 2.00 bits per heavy atom. The van der Waals surface area contributed by atoms with Gasteiger partial charge in [-0.15, -0.1) is 0 Å². The van der Waals surface area contributed by atoms with Gasteiger partial charge in [-0.1, -0.05) is 32.4 Å². The standard InChI is InChI=1S/C13H18ClN3O3/c1-13(2,3)12(18)16-7-6-15-11-5-4-9(17(19)20)8-10(11)14/h4-5,8,15H,6-7H2,1-3H3,(H,16,18). The van der Waals surface area contributed by atoms with Crippen LogP contribution in [0.25, 0.3) is 0 Å². The van der Waals surface area contributed by atoms with Crippen molar-refractivity contribution in [1.29, 1.82) is 0 Å². The number of nitro groups is 1. The minimum absolute atomic E-state index is 0.0332. The van der Waals surface area contributed by atoms with Crippen LogP contribution in [0.1, 0.15) is 20.8 Å². The molecule has 1 rings (SSSR count). The number of amides is 1. The van der Waals surface area contributed by atoms with Crippen molar-refractivity contribution in [3.63, 3.8) is 0 Å². The molecule has 0 unspecified atom stereocenters. The van der Waals surface area contributed by atoms with E-state index in [-0.39, 0.29) is 16.6 Å². The van der Waals surface area contributed by atoms with Crippen LogP contribution in [0.15, 0.2) is 18.2 Å². The van der Waals surface area contributed by atoms with Gasteiger partial charge in [0.05, 0.1) is 15.6 Å². The Balaban J connectivity index is 2.47. The zero-order valence-electron chi connectivity index (χ0n) is 11.7. The second-order valence-electron chi connectivity index (χ2n) is 5.35. The lowest BCUT2D eigenvalue weighted by Crippen LogP contribution is -2.37. The number of nitrogens with one attached hydrogen (secondary N) is 2. The molecule has 0 heterocycles. The lowest BCUT2D eigenvalue weighted by molar-refractivity contribution is -0.384. The molecule has 0 bridgehead atoms. The van der Waals surface area contributed by atoms with E-state index in [9.17, 15) is 14.9 Å². The van der Waals surface area contributed by atoms with Gasteiger partial charge < -0.3 is 10.6 Å². The van der Waals surface area contributed by atoms with Crippen LogP contribution in [0.4, 0.5) is 11.4 Å². The second-order valence-corrected chi connectivity index (χ2v) is 5.76. The number of benzene rings is 1. The van der Waals surface area contributed by atoms with Crippen LogP contribution in [0.5, 0.6) is 0 Å². The van der Waals surface area contributed by atoms with E-state index in [1.165, 1.54) is 12.1 Å². The zero-order valence-corrected chi connectivity index (χ0v) is 12.5. The Kier molecular flexibility index (Phi) is 5.33. The fourth-order valence-corrected chi connectivity index (χ4v) is 1.64. The zero-order chi connectivity index (χ0) is 15.3. The van der Waals surface area contributed by atoms with E-state index < -0.39 is 10.3 Å². The Labute approximate surface area is 122 Å². The molecule has 20 heavy (non-hydrogen) atoms. The van der Waals surface area contributed by atoms with Crippen LogP contribution in [0, 0.1) is 15.5 Å². The summed E-state index contributed by atoms with van der Waals surface area (Å²) in [5.41, 5.74) is 0.120. The van der Waals surface area contributed by atoms with Gasteiger partial charge in [0.25, 0.3) is 5.69 Å². The molecule has 0 aliphatic heterocycles. The number of nitrogens with zero attached hydrogens (tertiary/aromatic N) is 1. The number of nitro benzene ring substituents is 1. The number of anilines is 1. The largest absolute Gasteiger partial charge is 0.382 e. The third kappa shape index (κ3) is 4.70. The molecule has 1 amide bonds. The van der Waals surface area contributed by atoms with Crippen molar-refractivity contribution in [3.05, 3.63) is 33.3 Å². The number of hydrogen-bond acceptors (Lipinski definition) is 4. The van der Waals surface area contributed by atoms with Crippen molar-refractivity contribution in [2.45, 2.75) is 20.8 Å². The van der Waals surface area contributed by atoms with Crippen LogP contribution in [-0.2, 0) is 4.79 Å². The van der Waals surface area contributed by atoms with Crippen LogP contribution >= 0.6 is 11.6 Å². The van der Waals surface area contributed by atoms with E-state index in [1.807, 2.05) is 20.8 Å². The van der Waals surface area contributed by atoms with Crippen LogP contribution in [-0.4, -0.2) is 23.9 Å². The smallest absolute Gasteiger partial charge is 0.271 e. The summed E-state index contributed by atoms with van der Waals surface area (Å²) in [5.74, 6) is -0.0332. The first-order valence-electron chi connectivity index (χ1n) is 6.18. The van der Waals surface area contributed by atoms with E-state index in [1.54, 1.807) is 6.07 Å². The summed E-state index contributed by atoms with van der Waals surface area (Å²) >= 11 is 5.93. The summed E-state index contributed by atoms with van der Waals surface area (Å²) in [7, 11) is 0. The van der Waals surface area contributed by atoms with E-state index in [2.05, 4.69) is 10.6 Å². The number of rotatable bonds is 5. The van der Waals surface area contributed by atoms with Crippen molar-refractivity contribution in [2.75, 3.05) is 18.4 Å². The summed E-state index contributed by atoms with van der Waals surface area (Å²) < 4.78 is 0. The van der Waals surface area contributed by atoms with Crippen molar-refractivity contribution >= 4 is 28.9 Å². The monoisotopic (exact) mass is 299 g/mol. The second kappa shape index (κ2) is 6.56. The lowest BCUT2D eigenvalue weighted by Gasteiger charge is -2.18. The predicted molar refractivity (Wildman–Crippen MR) is 79.1 cm³/mol. The molecule has 0 fully saturated rings. The quantitative estimate of drug-likeness (QED) is 0.497. The van der Waals surface area contributed by atoms with Gasteiger partial charge in [0, 0.05) is 30.6 Å². The van der Waals surface area contributed by atoms with Gasteiger partial charge in [-0.3, -0.25) is 14.9 Å². The Bertz CT molecular complexity index is 512. The van der Waals surface area contributed by atoms with Crippen molar-refractivity contribution in [1.82, 2.24) is 5.32 Å². The highest BCUT2D eigenvalue weighted by atomic mass is 35.5. The number of carbonyl (C=O) groups is 1. The number of halogens is 1. The Morgan fingerprint density at radius 1 is 1.35 bits per heavy atom. The molecule has 0 atom stereocenters. The fourth-order valence-electron chi connectivity index (χ4n) is 1.40. The van der Waals surface area contributed by atoms with Gasteiger partial charge in [-0.05, 0) is 6.07 Å². The number of hydrogen-bond donors (Lipinski definition) is 2. The third-order valence-electron chi connectivity index (χ3n) is 2.57. The molecule has 0 saturated heterocycles. The van der Waals surface area contributed by atoms with Gasteiger partial charge in [0.2, 0.25) is 5.91 Å². The molecule has 110 valence electrons. The van der Waals surface area contributed by atoms with E-state index in [4.69, 9.17) is 11.6 Å². The summed E-state index contributed by atoms with van der Waals surface area (Å²) in [5, 5.41) is 16.7. The van der Waals surface area contributed by atoms with E-state index >= 15 is 0 Å². The maximum atomic E-state index is 11.6. The molecule has 0 spiro atoms. The highest BCUT2D eigenvalue weighted by Crippen LogP contribution is 2.26. The molecule has 0 radical (unpaired) electrons. The normalized spacial score (nSPS) is 11.0. The maximum Gasteiger partial charge on any atom is 0.271 e. The van der Waals surface area contributed by atoms with Gasteiger partial charge >= 0.3 is 0 Å². The molecule has 6 nitrogen and oxygen atoms in total. The van der Waals surface area contributed by atoms with Gasteiger partial charge in [0.1, 0.15) is 0 Å². The van der Waals surface area contributed by atoms with Gasteiger partial charge in [-0.2, -0.15) is 0 Å². The van der Waals surface area contributed by atoms with E-state index in [0.717, 1.165) is 0 Å². The summed E-state index contributed by atoms with van der Waals surface area (Å²) in [6.07, 6.45) is 0. The minimum atomic E-state index is -0.501. The molecule has 2 N–H and O–H groups in total. The van der Waals surface area contributed by atoms with Crippen LogP contribution < -0.4 is 10.6 Å². The maximum absolute atomic E-state index is 11.6. The molecule has 0 aromatic heterocycles. The molecule has 0 saturated carbocycles. The van der Waals surface area contributed by atoms with Crippen molar-refractivity contribution in [3.8, 4) is 0 Å². The molecule has 0 aliphatic carbocycles. The summed E-state index contributed by atoms with van der Waals surface area (Å²) in [4.78, 5) is 21.7. The third-order valence-corrected chi connectivity index (χ3v) is 2.88. The number of non-ortho nitro benzene ring substituents is 1. The van der Waals surface area contributed by atoms with Crippen molar-refractivity contribution < 1.29 is 9.72 Å². The fraction of sp³-hybridized carbons (Fsp3) is 0.462. The predicted octanol–water partition coefficient (Wildman–Crippen LogP) is 2.82. The first-order chi connectivity index (χ1) is 9.21. The summed E-state index contributed by atoms with van der Waals surface area (Å²) in [6, 6.07) is 4.21. The Morgan fingerprint density at radius 3 is 2.50 bits per heavy atom. The first-order valence-corrected chi connectivity index (χ1v) is 6.55.